The van der Waals surface area contributed by atoms with Crippen LogP contribution in [0.3, 0.4) is 0 Å². The molecule has 10 nitrogen and oxygen atoms in total. The van der Waals surface area contributed by atoms with Crippen LogP contribution in [0.4, 0.5) is 17.1 Å². The summed E-state index contributed by atoms with van der Waals surface area (Å²) in [7, 11) is -7.00. The molecule has 0 unspecified atom stereocenters. The van der Waals surface area contributed by atoms with E-state index in [1.54, 1.807) is 19.2 Å². The van der Waals surface area contributed by atoms with Crippen molar-refractivity contribution in [1.82, 2.24) is 0 Å². The van der Waals surface area contributed by atoms with Gasteiger partial charge in [-0.2, -0.15) is 16.8 Å². The highest BCUT2D eigenvalue weighted by atomic mass is 32.2. The van der Waals surface area contributed by atoms with Gasteiger partial charge in [0, 0.05) is 47.9 Å². The minimum atomic E-state index is -4.32. The quantitative estimate of drug-likeness (QED) is 0.0740. The van der Waals surface area contributed by atoms with Crippen molar-refractivity contribution in [3.63, 3.8) is 0 Å². The number of ether oxygens (including phenoxy) is 1. The van der Waals surface area contributed by atoms with Gasteiger partial charge in [0.2, 0.25) is 0 Å². The van der Waals surface area contributed by atoms with Gasteiger partial charge in [0.25, 0.3) is 20.2 Å². The maximum Gasteiger partial charge on any atom is 0.294 e. The highest BCUT2D eigenvalue weighted by molar-refractivity contribution is 7.86. The summed E-state index contributed by atoms with van der Waals surface area (Å²) in [4.78, 5) is 1.89. The van der Waals surface area contributed by atoms with E-state index in [4.69, 9.17) is 4.74 Å². The molecule has 300 valence electrons. The number of benzene rings is 5. The van der Waals surface area contributed by atoms with Gasteiger partial charge in [0.1, 0.15) is 12.3 Å². The van der Waals surface area contributed by atoms with Gasteiger partial charge < -0.3 is 15.0 Å². The molecule has 0 fully saturated rings. The van der Waals surface area contributed by atoms with Gasteiger partial charge in [0.05, 0.1) is 16.9 Å². The van der Waals surface area contributed by atoms with Gasteiger partial charge in [-0.25, -0.2) is 4.58 Å². The largest absolute Gasteiger partial charge is 0.497 e. The zero-order valence-electron chi connectivity index (χ0n) is 33.2. The molecule has 6 rings (SSSR count). The van der Waals surface area contributed by atoms with Crippen LogP contribution in [0.2, 0.25) is 0 Å². The van der Waals surface area contributed by atoms with Crippen molar-refractivity contribution in [3.8, 4) is 5.75 Å². The van der Waals surface area contributed by atoms with E-state index in [0.717, 1.165) is 73.1 Å². The summed E-state index contributed by atoms with van der Waals surface area (Å²) in [6, 6.07) is 35.2. The number of aryl methyl sites for hydroxylation is 1. The fourth-order valence-electron chi connectivity index (χ4n) is 7.09. The van der Waals surface area contributed by atoms with Gasteiger partial charge in [-0.05, 0) is 146 Å². The lowest BCUT2D eigenvalue weighted by Gasteiger charge is -2.25. The van der Waals surface area contributed by atoms with Gasteiger partial charge in [0.15, 0.2) is 12.3 Å². The van der Waals surface area contributed by atoms with Crippen molar-refractivity contribution < 1.29 is 35.3 Å². The number of methoxy groups -OCH3 is 1. The van der Waals surface area contributed by atoms with E-state index in [1.807, 2.05) is 50.2 Å². The highest BCUT2D eigenvalue weighted by Gasteiger charge is 2.22. The van der Waals surface area contributed by atoms with Crippen LogP contribution in [0.25, 0.3) is 5.57 Å². The maximum absolute atomic E-state index is 11.8. The molecule has 12 heteroatoms. The number of hydrogen-bond acceptors (Lipinski definition) is 7. The topological polar surface area (TPSA) is 136 Å². The van der Waals surface area contributed by atoms with Crippen molar-refractivity contribution in [2.45, 2.75) is 50.6 Å². The van der Waals surface area contributed by atoms with Crippen molar-refractivity contribution in [2.24, 2.45) is 0 Å². The molecule has 0 saturated carbocycles. The molecule has 0 heterocycles. The lowest BCUT2D eigenvalue weighted by Crippen LogP contribution is -2.22. The molecule has 0 bridgehead atoms. The Labute approximate surface area is 341 Å². The average molecular weight is 819 g/mol. The SMILES string of the molecule is CCN(Cc1cccc(S(=O)(=O)O)c1)c1ccc(/C(=C2\C=CC(=[N+](CC)Cc3cccc(S(=O)(=O)O)c3)C=C2C)c2ccc(Nc3ccc(OC)cc3)cc2)c(C)c1. The first-order chi connectivity index (χ1) is 27.7. The van der Waals surface area contributed by atoms with Gasteiger partial charge in [-0.1, -0.05) is 42.5 Å². The lowest BCUT2D eigenvalue weighted by molar-refractivity contribution is -0.539. The first kappa shape index (κ1) is 41.8. The number of hydrogen-bond donors (Lipinski definition) is 3. The Morgan fingerprint density at radius 1 is 0.741 bits per heavy atom. The van der Waals surface area contributed by atoms with Crippen LogP contribution < -0.4 is 15.0 Å². The molecule has 1 aliphatic rings. The van der Waals surface area contributed by atoms with E-state index in [9.17, 15) is 25.9 Å². The molecule has 0 spiro atoms. The van der Waals surface area contributed by atoms with E-state index in [0.29, 0.717) is 26.2 Å². The molecule has 5 aromatic rings. The summed E-state index contributed by atoms with van der Waals surface area (Å²) in [6.07, 6.45) is 6.37. The number of rotatable bonds is 14. The lowest BCUT2D eigenvalue weighted by atomic mass is 9.85. The van der Waals surface area contributed by atoms with Crippen LogP contribution in [-0.2, 0) is 33.3 Å². The van der Waals surface area contributed by atoms with E-state index in [-0.39, 0.29) is 9.79 Å². The first-order valence-corrected chi connectivity index (χ1v) is 21.8. The molecule has 1 aliphatic carbocycles. The molecule has 5 aromatic carbocycles. The highest BCUT2D eigenvalue weighted by Crippen LogP contribution is 2.37. The molecule has 58 heavy (non-hydrogen) atoms. The smallest absolute Gasteiger partial charge is 0.294 e. The van der Waals surface area contributed by atoms with Crippen molar-refractivity contribution in [1.29, 1.82) is 0 Å². The third-order valence-corrected chi connectivity index (χ3v) is 11.8. The molecule has 0 aromatic heterocycles. The molecular weight excluding hydrogens is 771 g/mol. The molecule has 0 amide bonds. The Bertz CT molecular complexity index is 2660. The molecular formula is C46H48N3O7S2+. The number of allylic oxidation sites excluding steroid dienone is 5. The second kappa shape index (κ2) is 17.8. The summed E-state index contributed by atoms with van der Waals surface area (Å²) in [6.45, 7) is 10.5. The Hall–Kier alpha value is -5.79. The van der Waals surface area contributed by atoms with Crippen LogP contribution in [0.5, 0.6) is 5.75 Å². The van der Waals surface area contributed by atoms with E-state index >= 15 is 0 Å². The Kier molecular flexibility index (Phi) is 12.8. The van der Waals surface area contributed by atoms with Crippen LogP contribution in [0.15, 0.2) is 154 Å². The fraction of sp³-hybridized carbons (Fsp3) is 0.196. The molecule has 0 atom stereocenters. The maximum atomic E-state index is 11.8. The monoisotopic (exact) mass is 818 g/mol. The number of nitrogens with one attached hydrogen (secondary N) is 1. The predicted octanol–water partition coefficient (Wildman–Crippen LogP) is 9.26. The Morgan fingerprint density at radius 2 is 1.34 bits per heavy atom. The third-order valence-electron chi connectivity index (χ3n) is 10.1. The van der Waals surface area contributed by atoms with Gasteiger partial charge in [-0.3, -0.25) is 9.11 Å². The normalized spacial score (nSPS) is 14.8. The zero-order chi connectivity index (χ0) is 41.6. The molecule has 3 N–H and O–H groups in total. The second-order valence-electron chi connectivity index (χ2n) is 14.1. The molecule has 0 aliphatic heterocycles. The Morgan fingerprint density at radius 3 is 1.90 bits per heavy atom. The van der Waals surface area contributed by atoms with Crippen molar-refractivity contribution >= 4 is 48.6 Å². The van der Waals surface area contributed by atoms with Gasteiger partial charge in [-0.15, -0.1) is 0 Å². The van der Waals surface area contributed by atoms with Gasteiger partial charge >= 0.3 is 0 Å². The van der Waals surface area contributed by atoms with Crippen molar-refractivity contribution in [3.05, 3.63) is 172 Å². The summed E-state index contributed by atoms with van der Waals surface area (Å²) in [5, 5.41) is 3.47. The standard InChI is InChI=1S/C46H47N3O7S2/c1-6-48(30-34-10-8-12-42(28-34)57(50,51)52)39-20-24-44(32(3)26-39)46(36-14-16-37(17-15-36)47-38-18-22-41(56-5)23-19-38)45-25-21-40(27-33(45)4)49(7-2)31-35-11-9-13-43(29-35)58(53,54)55/h8-29H,6-7,30-31H2,1-5H3,(H2,50,51,52,53,54,55)/p+1. The van der Waals surface area contributed by atoms with Crippen LogP contribution in [0.1, 0.15) is 48.6 Å². The minimum absolute atomic E-state index is 0.133. The van der Waals surface area contributed by atoms with Crippen LogP contribution in [-0.4, -0.2) is 56.4 Å². The summed E-state index contributed by atoms with van der Waals surface area (Å²) in [5.74, 6) is 0.782. The van der Waals surface area contributed by atoms with E-state index < -0.39 is 20.2 Å². The van der Waals surface area contributed by atoms with E-state index in [1.165, 1.54) is 24.3 Å². The zero-order valence-corrected chi connectivity index (χ0v) is 34.8. The first-order valence-electron chi connectivity index (χ1n) is 18.9. The predicted molar refractivity (Wildman–Crippen MR) is 232 cm³/mol. The summed E-state index contributed by atoms with van der Waals surface area (Å²) in [5.41, 5.74) is 11.6. The van der Waals surface area contributed by atoms with Crippen molar-refractivity contribution in [2.75, 3.05) is 30.4 Å². The van der Waals surface area contributed by atoms with Crippen LogP contribution in [0, 0.1) is 6.92 Å². The fourth-order valence-corrected chi connectivity index (χ4v) is 8.19. The summed E-state index contributed by atoms with van der Waals surface area (Å²) < 4.78 is 74.0. The summed E-state index contributed by atoms with van der Waals surface area (Å²) >= 11 is 0. The number of nitrogens with zero attached hydrogens (tertiary/aromatic N) is 2. The third kappa shape index (κ3) is 10.0. The average Bonchev–Trinajstić information content (AvgIpc) is 3.20. The van der Waals surface area contributed by atoms with E-state index in [2.05, 4.69) is 89.3 Å². The molecule has 0 saturated heterocycles. The Balaban J connectivity index is 1.39. The minimum Gasteiger partial charge on any atom is -0.497 e. The second-order valence-corrected chi connectivity index (χ2v) is 16.9. The van der Waals surface area contributed by atoms with Crippen LogP contribution >= 0.6 is 0 Å². The molecule has 0 radical (unpaired) electrons. The number of anilines is 3.